The zero-order valence-corrected chi connectivity index (χ0v) is 16.2. The third kappa shape index (κ3) is 3.53. The lowest BCUT2D eigenvalue weighted by Crippen LogP contribution is -2.23. The number of benzene rings is 1. The Morgan fingerprint density at radius 1 is 1.00 bits per heavy atom. The van der Waals surface area contributed by atoms with E-state index in [1.165, 1.54) is 6.07 Å². The molecule has 8 heteroatoms. The van der Waals surface area contributed by atoms with Crippen molar-refractivity contribution in [2.75, 3.05) is 0 Å². The summed E-state index contributed by atoms with van der Waals surface area (Å²) in [4.78, 5) is 12.2. The fourth-order valence-corrected chi connectivity index (χ4v) is 3.04. The summed E-state index contributed by atoms with van der Waals surface area (Å²) < 4.78 is 28.8. The minimum Gasteiger partial charge on any atom is -0.252 e. The van der Waals surface area contributed by atoms with Crippen molar-refractivity contribution in [3.05, 3.63) is 89.9 Å². The van der Waals surface area contributed by atoms with Gasteiger partial charge in [0.1, 0.15) is 6.33 Å². The molecule has 4 rings (SSSR count). The fraction of sp³-hybridized carbons (Fsp3) is 0.136. The number of aromatic nitrogens is 5. The Morgan fingerprint density at radius 3 is 2.57 bits per heavy atom. The van der Waals surface area contributed by atoms with Gasteiger partial charge in [0.25, 0.3) is 0 Å². The predicted molar refractivity (Wildman–Crippen MR) is 106 cm³/mol. The van der Waals surface area contributed by atoms with Gasteiger partial charge in [-0.15, -0.1) is 0 Å². The maximum Gasteiger partial charge on any atom is 0.224 e. The summed E-state index contributed by atoms with van der Waals surface area (Å²) in [5.41, 5.74) is 1.61. The highest BCUT2D eigenvalue weighted by Gasteiger charge is 2.30. The molecule has 30 heavy (non-hydrogen) atoms. The largest absolute Gasteiger partial charge is 0.252 e. The molecule has 0 unspecified atom stereocenters. The van der Waals surface area contributed by atoms with E-state index < -0.39 is 17.3 Å². The van der Waals surface area contributed by atoms with Crippen LogP contribution >= 0.6 is 0 Å². The molecule has 6 nitrogen and oxygen atoms in total. The minimum absolute atomic E-state index is 0.112. The number of rotatable bonds is 4. The van der Waals surface area contributed by atoms with Crippen molar-refractivity contribution in [3.8, 4) is 23.0 Å². The van der Waals surface area contributed by atoms with E-state index in [4.69, 9.17) is 5.26 Å². The topological polar surface area (TPSA) is 80.3 Å². The van der Waals surface area contributed by atoms with Crippen LogP contribution in [0.5, 0.6) is 0 Å². The molecule has 3 aromatic heterocycles. The molecule has 0 aliphatic rings. The lowest BCUT2D eigenvalue weighted by atomic mass is 9.87. The first-order valence-corrected chi connectivity index (χ1v) is 9.11. The van der Waals surface area contributed by atoms with Crippen LogP contribution in [0.3, 0.4) is 0 Å². The average Bonchev–Trinajstić information content (AvgIpc) is 3.25. The highest BCUT2D eigenvalue weighted by molar-refractivity contribution is 5.59. The third-order valence-electron chi connectivity index (χ3n) is 4.77. The van der Waals surface area contributed by atoms with E-state index in [0.717, 1.165) is 6.07 Å². The molecule has 0 aliphatic heterocycles. The van der Waals surface area contributed by atoms with Crippen LogP contribution in [0.25, 0.3) is 16.9 Å². The number of hydrogen-bond donors (Lipinski definition) is 0. The molecule has 0 saturated carbocycles. The molecule has 3 heterocycles. The molecule has 0 N–H and O–H groups in total. The van der Waals surface area contributed by atoms with Crippen molar-refractivity contribution in [1.82, 2.24) is 24.7 Å². The Kier molecular flexibility index (Phi) is 4.80. The van der Waals surface area contributed by atoms with E-state index >= 15 is 0 Å². The second-order valence-electron chi connectivity index (χ2n) is 7.18. The number of halogens is 2. The lowest BCUT2D eigenvalue weighted by molar-refractivity contribution is 0.514. The van der Waals surface area contributed by atoms with Gasteiger partial charge in [0.2, 0.25) is 11.9 Å². The maximum atomic E-state index is 14.1. The Balaban J connectivity index is 1.71. The number of nitrogens with zero attached hydrogens (tertiary/aromatic N) is 6. The second-order valence-corrected chi connectivity index (χ2v) is 7.18. The van der Waals surface area contributed by atoms with E-state index in [1.807, 2.05) is 19.9 Å². The lowest BCUT2D eigenvalue weighted by Gasteiger charge is -2.21. The smallest absolute Gasteiger partial charge is 0.224 e. The summed E-state index contributed by atoms with van der Waals surface area (Å²) in [6, 6.07) is 16.7. The van der Waals surface area contributed by atoms with Gasteiger partial charge < -0.3 is 0 Å². The van der Waals surface area contributed by atoms with Gasteiger partial charge in [-0.3, -0.25) is 4.98 Å². The summed E-state index contributed by atoms with van der Waals surface area (Å²) in [7, 11) is 0. The van der Waals surface area contributed by atoms with Crippen molar-refractivity contribution < 1.29 is 8.78 Å². The minimum atomic E-state index is -0.919. The van der Waals surface area contributed by atoms with Crippen molar-refractivity contribution in [2.45, 2.75) is 19.3 Å². The molecule has 0 radical (unpaired) electrons. The quantitative estimate of drug-likeness (QED) is 0.478. The Bertz CT molecular complexity index is 1270. The molecule has 148 valence electrons. The van der Waals surface area contributed by atoms with E-state index in [0.29, 0.717) is 28.5 Å². The van der Waals surface area contributed by atoms with Crippen LogP contribution in [-0.4, -0.2) is 24.7 Å². The second kappa shape index (κ2) is 7.44. The average molecular weight is 402 g/mol. The van der Waals surface area contributed by atoms with Gasteiger partial charge in [-0.2, -0.15) is 24.1 Å². The van der Waals surface area contributed by atoms with Gasteiger partial charge in [-0.1, -0.05) is 12.1 Å². The van der Waals surface area contributed by atoms with E-state index in [9.17, 15) is 8.78 Å². The van der Waals surface area contributed by atoms with E-state index in [2.05, 4.69) is 26.1 Å². The van der Waals surface area contributed by atoms with Crippen molar-refractivity contribution in [1.29, 1.82) is 5.26 Å². The molecule has 0 bridgehead atoms. The molecule has 0 saturated heterocycles. The maximum absolute atomic E-state index is 14.1. The highest BCUT2D eigenvalue weighted by atomic mass is 19.1. The number of hydrogen-bond acceptors (Lipinski definition) is 5. The van der Waals surface area contributed by atoms with Crippen LogP contribution in [0.1, 0.15) is 30.9 Å². The summed E-state index contributed by atoms with van der Waals surface area (Å²) in [5.74, 6) is -1.30. The summed E-state index contributed by atoms with van der Waals surface area (Å²) >= 11 is 0. The zero-order chi connectivity index (χ0) is 21.3. The molecule has 0 amide bonds. The highest BCUT2D eigenvalue weighted by Crippen LogP contribution is 2.30. The first-order chi connectivity index (χ1) is 14.4. The predicted octanol–water partition coefficient (Wildman–Crippen LogP) is 4.20. The molecule has 0 spiro atoms. The van der Waals surface area contributed by atoms with Crippen LogP contribution < -0.4 is 0 Å². The normalized spacial score (nSPS) is 11.3. The monoisotopic (exact) mass is 402 g/mol. The summed E-state index contributed by atoms with van der Waals surface area (Å²) in [6.45, 7) is 3.81. The molecular formula is C22H16F2N6. The summed E-state index contributed by atoms with van der Waals surface area (Å²) in [6.07, 6.45) is 1.57. The van der Waals surface area contributed by atoms with Gasteiger partial charge in [0.05, 0.1) is 39.7 Å². The molecule has 0 atom stereocenters. The Hall–Kier alpha value is -3.99. The van der Waals surface area contributed by atoms with Gasteiger partial charge >= 0.3 is 0 Å². The van der Waals surface area contributed by atoms with Crippen molar-refractivity contribution in [3.63, 3.8) is 0 Å². The van der Waals surface area contributed by atoms with Crippen molar-refractivity contribution >= 4 is 0 Å². The van der Waals surface area contributed by atoms with Crippen LogP contribution in [-0.2, 0) is 5.41 Å². The molecule has 1 aromatic carbocycles. The number of nitriles is 1. The SMILES string of the molecule is CC(C)(c1cccc(-c2ccc(F)nc2F)n1)c1ncn(-c2cccc(C#N)c2)n1. The van der Waals surface area contributed by atoms with Gasteiger partial charge in [-0.05, 0) is 56.3 Å². The van der Waals surface area contributed by atoms with E-state index in [-0.39, 0.29) is 5.56 Å². The fourth-order valence-electron chi connectivity index (χ4n) is 3.04. The van der Waals surface area contributed by atoms with Crippen LogP contribution in [0.2, 0.25) is 0 Å². The Labute approximate surface area is 171 Å². The number of pyridine rings is 2. The molecular weight excluding hydrogens is 386 g/mol. The summed E-state index contributed by atoms with van der Waals surface area (Å²) in [5, 5.41) is 13.6. The van der Waals surface area contributed by atoms with E-state index in [1.54, 1.807) is 47.4 Å². The van der Waals surface area contributed by atoms with Gasteiger partial charge in [0.15, 0.2) is 5.82 Å². The van der Waals surface area contributed by atoms with Crippen LogP contribution in [0.15, 0.2) is 60.9 Å². The standard InChI is InChI=1S/C22H16F2N6/c1-22(2,21-26-13-30(29-21)15-6-3-5-14(11-15)12-25)18-8-4-7-17(27-18)16-9-10-19(23)28-20(16)24/h3-11,13H,1-2H3. The van der Waals surface area contributed by atoms with Crippen molar-refractivity contribution in [2.24, 2.45) is 0 Å². The first kappa shape index (κ1) is 19.3. The Morgan fingerprint density at radius 2 is 1.80 bits per heavy atom. The molecule has 0 fully saturated rings. The molecule has 0 aliphatic carbocycles. The van der Waals surface area contributed by atoms with Crippen LogP contribution in [0.4, 0.5) is 8.78 Å². The first-order valence-electron chi connectivity index (χ1n) is 9.11. The zero-order valence-electron chi connectivity index (χ0n) is 16.2. The van der Waals surface area contributed by atoms with Gasteiger partial charge in [0, 0.05) is 0 Å². The third-order valence-corrected chi connectivity index (χ3v) is 4.77. The van der Waals surface area contributed by atoms with Crippen LogP contribution in [0, 0.1) is 23.2 Å². The molecule has 4 aromatic rings. The van der Waals surface area contributed by atoms with Gasteiger partial charge in [-0.25, -0.2) is 9.67 Å².